The number of carboxylic acid groups (broad SMARTS) is 2. The highest BCUT2D eigenvalue weighted by molar-refractivity contribution is 5.93. The molecule has 0 aliphatic heterocycles. The van der Waals surface area contributed by atoms with Crippen molar-refractivity contribution in [2.75, 3.05) is 6.54 Å². The minimum Gasteiger partial charge on any atom is -0.481 e. The Morgan fingerprint density at radius 2 is 1.54 bits per heavy atom. The van der Waals surface area contributed by atoms with E-state index in [4.69, 9.17) is 15.9 Å². The molecule has 0 bridgehead atoms. The highest BCUT2D eigenvalue weighted by Crippen LogP contribution is 2.02. The lowest BCUT2D eigenvalue weighted by Gasteiger charge is -2.24. The number of nitrogens with one attached hydrogen (secondary N) is 3. The number of amides is 3. The van der Waals surface area contributed by atoms with Gasteiger partial charge in [0.2, 0.25) is 17.7 Å². The Morgan fingerprint density at radius 1 is 0.962 bits per heavy atom. The van der Waals surface area contributed by atoms with Crippen LogP contribution < -0.4 is 21.7 Å². The van der Waals surface area contributed by atoms with Crippen molar-refractivity contribution in [3.05, 3.63) is 0 Å². The number of carbonyl (C=O) groups is 5. The van der Waals surface area contributed by atoms with Gasteiger partial charge in [0, 0.05) is 6.42 Å². The fraction of sp³-hybridized carbons (Fsp3) is 0.643. The lowest BCUT2D eigenvalue weighted by molar-refractivity contribution is -0.144. The number of carbonyl (C=O) groups excluding carboxylic acids is 3. The largest absolute Gasteiger partial charge is 0.481 e. The summed E-state index contributed by atoms with van der Waals surface area (Å²) in [6, 6.07) is -4.07. The monoisotopic (exact) mass is 376 g/mol. The second-order valence-electron chi connectivity index (χ2n) is 5.55. The number of aliphatic hydroxyl groups excluding tert-OH is 1. The fourth-order valence-electron chi connectivity index (χ4n) is 1.84. The second-order valence-corrected chi connectivity index (χ2v) is 5.55. The van der Waals surface area contributed by atoms with E-state index in [0.29, 0.717) is 0 Å². The normalized spacial score (nSPS) is 15.1. The van der Waals surface area contributed by atoms with Gasteiger partial charge in [-0.1, -0.05) is 0 Å². The standard InChI is InChI=1S/C14H24N4O8/c1-6(16-9(20)5-15)12(23)18-11(7(2)19)13(24)17-8(14(25)26)3-4-10(21)22/h6-8,11,19H,3-5,15H2,1-2H3,(H,16,20)(H,17,24)(H,18,23)(H,21,22)(H,25,26). The van der Waals surface area contributed by atoms with Gasteiger partial charge >= 0.3 is 11.9 Å². The van der Waals surface area contributed by atoms with Crippen LogP contribution in [0.5, 0.6) is 0 Å². The van der Waals surface area contributed by atoms with Gasteiger partial charge in [-0.25, -0.2) is 4.79 Å². The minimum atomic E-state index is -1.51. The van der Waals surface area contributed by atoms with Crippen LogP contribution in [-0.2, 0) is 24.0 Å². The molecule has 0 rings (SSSR count). The highest BCUT2D eigenvalue weighted by atomic mass is 16.4. The summed E-state index contributed by atoms with van der Waals surface area (Å²) in [5.41, 5.74) is 5.11. The van der Waals surface area contributed by atoms with Crippen molar-refractivity contribution >= 4 is 29.7 Å². The number of carboxylic acids is 2. The van der Waals surface area contributed by atoms with Gasteiger partial charge in [0.15, 0.2) is 0 Å². The first-order valence-corrected chi connectivity index (χ1v) is 7.72. The van der Waals surface area contributed by atoms with Gasteiger partial charge in [0.25, 0.3) is 0 Å². The van der Waals surface area contributed by atoms with E-state index in [1.54, 1.807) is 0 Å². The fourth-order valence-corrected chi connectivity index (χ4v) is 1.84. The van der Waals surface area contributed by atoms with Crippen LogP contribution in [0.2, 0.25) is 0 Å². The lowest BCUT2D eigenvalue weighted by atomic mass is 10.1. The molecule has 8 N–H and O–H groups in total. The molecule has 0 heterocycles. The van der Waals surface area contributed by atoms with Gasteiger partial charge in [-0.3, -0.25) is 19.2 Å². The molecule has 0 aliphatic carbocycles. The maximum absolute atomic E-state index is 12.2. The number of rotatable bonds is 11. The van der Waals surface area contributed by atoms with Crippen LogP contribution in [0, 0.1) is 0 Å². The third-order valence-electron chi connectivity index (χ3n) is 3.28. The number of nitrogens with two attached hydrogens (primary N) is 1. The molecule has 0 aromatic rings. The first-order chi connectivity index (χ1) is 12.0. The van der Waals surface area contributed by atoms with Crippen LogP contribution in [0.3, 0.4) is 0 Å². The molecule has 0 aromatic heterocycles. The first kappa shape index (κ1) is 23.3. The lowest BCUT2D eigenvalue weighted by Crippen LogP contribution is -2.58. The quantitative estimate of drug-likeness (QED) is 0.193. The molecule has 4 unspecified atom stereocenters. The van der Waals surface area contributed by atoms with Crippen molar-refractivity contribution in [3.8, 4) is 0 Å². The van der Waals surface area contributed by atoms with Crippen LogP contribution in [-0.4, -0.2) is 75.8 Å². The zero-order chi connectivity index (χ0) is 20.4. The van der Waals surface area contributed by atoms with Gasteiger partial charge in [-0.05, 0) is 20.3 Å². The molecule has 0 saturated carbocycles. The summed E-state index contributed by atoms with van der Waals surface area (Å²) in [5, 5.41) is 33.8. The molecular formula is C14H24N4O8. The van der Waals surface area contributed by atoms with Crippen LogP contribution >= 0.6 is 0 Å². The summed E-state index contributed by atoms with van der Waals surface area (Å²) in [4.78, 5) is 57.0. The third kappa shape index (κ3) is 8.39. The summed E-state index contributed by atoms with van der Waals surface area (Å²) in [7, 11) is 0. The highest BCUT2D eigenvalue weighted by Gasteiger charge is 2.31. The number of aliphatic hydroxyl groups is 1. The van der Waals surface area contributed by atoms with E-state index >= 15 is 0 Å². The molecule has 12 nitrogen and oxygen atoms in total. The van der Waals surface area contributed by atoms with E-state index in [1.807, 2.05) is 0 Å². The predicted octanol–water partition coefficient (Wildman–Crippen LogP) is -3.25. The molecule has 148 valence electrons. The molecule has 12 heteroatoms. The van der Waals surface area contributed by atoms with Crippen molar-refractivity contribution in [2.24, 2.45) is 5.73 Å². The van der Waals surface area contributed by atoms with Crippen molar-refractivity contribution < 1.29 is 39.3 Å². The van der Waals surface area contributed by atoms with Gasteiger partial charge in [0.05, 0.1) is 12.6 Å². The molecule has 0 radical (unpaired) electrons. The van der Waals surface area contributed by atoms with Crippen molar-refractivity contribution in [1.82, 2.24) is 16.0 Å². The zero-order valence-electron chi connectivity index (χ0n) is 14.4. The Hall–Kier alpha value is -2.73. The summed E-state index contributed by atoms with van der Waals surface area (Å²) in [6.45, 7) is 2.18. The molecule has 0 aromatic carbocycles. The molecule has 0 spiro atoms. The van der Waals surface area contributed by atoms with E-state index in [2.05, 4.69) is 16.0 Å². The molecular weight excluding hydrogens is 352 g/mol. The van der Waals surface area contributed by atoms with Crippen molar-refractivity contribution in [1.29, 1.82) is 0 Å². The first-order valence-electron chi connectivity index (χ1n) is 7.72. The summed E-state index contributed by atoms with van der Waals surface area (Å²) in [6.07, 6.45) is -2.25. The third-order valence-corrected chi connectivity index (χ3v) is 3.28. The Bertz CT molecular complexity index is 551. The van der Waals surface area contributed by atoms with Crippen LogP contribution in [0.15, 0.2) is 0 Å². The maximum Gasteiger partial charge on any atom is 0.326 e. The summed E-state index contributed by atoms with van der Waals surface area (Å²) in [5.74, 6) is -5.12. The topological polar surface area (TPSA) is 208 Å². The molecule has 4 atom stereocenters. The number of aliphatic carboxylic acids is 2. The van der Waals surface area contributed by atoms with E-state index in [1.165, 1.54) is 13.8 Å². The molecule has 3 amide bonds. The van der Waals surface area contributed by atoms with Crippen LogP contribution in [0.25, 0.3) is 0 Å². The van der Waals surface area contributed by atoms with E-state index in [0.717, 1.165) is 0 Å². The Labute approximate surface area is 149 Å². The van der Waals surface area contributed by atoms with Gasteiger partial charge in [-0.15, -0.1) is 0 Å². The molecule has 0 saturated heterocycles. The second kappa shape index (κ2) is 11.0. The molecule has 0 fully saturated rings. The molecule has 0 aliphatic rings. The molecule has 26 heavy (non-hydrogen) atoms. The van der Waals surface area contributed by atoms with Gasteiger partial charge in [-0.2, -0.15) is 0 Å². The number of hydrogen-bond acceptors (Lipinski definition) is 7. The van der Waals surface area contributed by atoms with E-state index < -0.39 is 60.3 Å². The van der Waals surface area contributed by atoms with E-state index in [9.17, 15) is 29.1 Å². The van der Waals surface area contributed by atoms with Crippen molar-refractivity contribution in [3.63, 3.8) is 0 Å². The van der Waals surface area contributed by atoms with Gasteiger partial charge in [0.1, 0.15) is 18.1 Å². The van der Waals surface area contributed by atoms with Gasteiger partial charge < -0.3 is 37.0 Å². The Balaban J connectivity index is 4.97. The maximum atomic E-state index is 12.2. The van der Waals surface area contributed by atoms with Crippen molar-refractivity contribution in [2.45, 2.75) is 50.9 Å². The Kier molecular flexibility index (Phi) is 9.84. The average Bonchev–Trinajstić information content (AvgIpc) is 2.54. The SMILES string of the molecule is CC(NC(=O)CN)C(=O)NC(C(=O)NC(CCC(=O)O)C(=O)O)C(C)O. The average molecular weight is 376 g/mol. The zero-order valence-corrected chi connectivity index (χ0v) is 14.4. The Morgan fingerprint density at radius 3 is 1.96 bits per heavy atom. The van der Waals surface area contributed by atoms with Crippen LogP contribution in [0.4, 0.5) is 0 Å². The summed E-state index contributed by atoms with van der Waals surface area (Å²) >= 11 is 0. The van der Waals surface area contributed by atoms with Crippen LogP contribution in [0.1, 0.15) is 26.7 Å². The van der Waals surface area contributed by atoms with E-state index in [-0.39, 0.29) is 13.0 Å². The minimum absolute atomic E-state index is 0.345. The number of hydrogen-bond donors (Lipinski definition) is 7. The smallest absolute Gasteiger partial charge is 0.326 e. The predicted molar refractivity (Wildman–Crippen MR) is 86.7 cm³/mol. The summed E-state index contributed by atoms with van der Waals surface area (Å²) < 4.78 is 0.